The van der Waals surface area contributed by atoms with E-state index in [1.54, 1.807) is 0 Å². The van der Waals surface area contributed by atoms with Crippen LogP contribution in [0.4, 0.5) is 11.6 Å². The molecule has 5 nitrogen and oxygen atoms in total. The molecule has 0 aromatic carbocycles. The van der Waals surface area contributed by atoms with Crippen LogP contribution >= 0.6 is 0 Å². The van der Waals surface area contributed by atoms with Crippen LogP contribution in [0.1, 0.15) is 31.5 Å². The molecule has 0 aliphatic heterocycles. The van der Waals surface area contributed by atoms with Crippen LogP contribution in [-0.4, -0.2) is 41.3 Å². The van der Waals surface area contributed by atoms with Crippen molar-refractivity contribution in [2.45, 2.75) is 38.6 Å². The molecule has 1 aliphatic carbocycles. The lowest BCUT2D eigenvalue weighted by atomic mass is 9.91. The Morgan fingerprint density at radius 3 is 2.78 bits per heavy atom. The highest BCUT2D eigenvalue weighted by atomic mass is 16.3. The van der Waals surface area contributed by atoms with Crippen LogP contribution < -0.4 is 10.2 Å². The maximum atomic E-state index is 9.02. The van der Waals surface area contributed by atoms with Crippen molar-refractivity contribution in [1.29, 1.82) is 0 Å². The number of aromatic nitrogens is 2. The molecule has 1 aliphatic rings. The zero-order chi connectivity index (χ0) is 13.0. The van der Waals surface area contributed by atoms with Gasteiger partial charge in [-0.05, 0) is 32.6 Å². The highest BCUT2D eigenvalue weighted by molar-refractivity contribution is 5.50. The monoisotopic (exact) mass is 250 g/mol. The predicted molar refractivity (Wildman–Crippen MR) is 73.0 cm³/mol. The second kappa shape index (κ2) is 6.00. The molecular formula is C13H22N4O. The SMILES string of the molecule is CNc1cc(N(CCCO)C2CCC2)nc(C)n1. The van der Waals surface area contributed by atoms with Gasteiger partial charge in [0, 0.05) is 32.3 Å². The first kappa shape index (κ1) is 13.1. The fraction of sp³-hybridized carbons (Fsp3) is 0.692. The van der Waals surface area contributed by atoms with Gasteiger partial charge in [-0.3, -0.25) is 0 Å². The number of aryl methyl sites for hydroxylation is 1. The van der Waals surface area contributed by atoms with E-state index in [1.807, 2.05) is 20.0 Å². The van der Waals surface area contributed by atoms with Crippen molar-refractivity contribution in [1.82, 2.24) is 9.97 Å². The fourth-order valence-corrected chi connectivity index (χ4v) is 2.25. The quantitative estimate of drug-likeness (QED) is 0.802. The largest absolute Gasteiger partial charge is 0.396 e. The number of aliphatic hydroxyl groups excluding tert-OH is 1. The van der Waals surface area contributed by atoms with E-state index < -0.39 is 0 Å². The van der Waals surface area contributed by atoms with Crippen LogP contribution in [0.25, 0.3) is 0 Å². The van der Waals surface area contributed by atoms with Gasteiger partial charge in [0.05, 0.1) is 0 Å². The zero-order valence-electron chi connectivity index (χ0n) is 11.2. The summed E-state index contributed by atoms with van der Waals surface area (Å²) in [4.78, 5) is 11.2. The molecule has 100 valence electrons. The summed E-state index contributed by atoms with van der Waals surface area (Å²) in [5.41, 5.74) is 0. The van der Waals surface area contributed by atoms with Gasteiger partial charge in [-0.15, -0.1) is 0 Å². The molecule has 1 heterocycles. The fourth-order valence-electron chi connectivity index (χ4n) is 2.25. The number of nitrogens with zero attached hydrogens (tertiary/aromatic N) is 3. The van der Waals surface area contributed by atoms with Crippen molar-refractivity contribution in [3.8, 4) is 0 Å². The first-order valence-electron chi connectivity index (χ1n) is 6.65. The van der Waals surface area contributed by atoms with Crippen molar-refractivity contribution in [2.24, 2.45) is 0 Å². The van der Waals surface area contributed by atoms with Gasteiger partial charge in [-0.2, -0.15) is 0 Å². The van der Waals surface area contributed by atoms with Crippen molar-refractivity contribution in [3.63, 3.8) is 0 Å². The number of hydrogen-bond donors (Lipinski definition) is 2. The van der Waals surface area contributed by atoms with E-state index in [-0.39, 0.29) is 6.61 Å². The molecule has 1 aromatic heterocycles. The number of hydrogen-bond acceptors (Lipinski definition) is 5. The summed E-state index contributed by atoms with van der Waals surface area (Å²) in [6, 6.07) is 2.57. The molecule has 18 heavy (non-hydrogen) atoms. The summed E-state index contributed by atoms with van der Waals surface area (Å²) in [5, 5.41) is 12.1. The molecule has 0 amide bonds. The Kier molecular flexibility index (Phi) is 4.36. The Morgan fingerprint density at radius 2 is 2.22 bits per heavy atom. The first-order chi connectivity index (χ1) is 8.74. The highest BCUT2D eigenvalue weighted by Gasteiger charge is 2.26. The second-order valence-corrected chi connectivity index (χ2v) is 4.76. The van der Waals surface area contributed by atoms with Gasteiger partial charge in [-0.25, -0.2) is 9.97 Å². The lowest BCUT2D eigenvalue weighted by Crippen LogP contribution is -2.41. The zero-order valence-corrected chi connectivity index (χ0v) is 11.2. The Labute approximate surface area is 108 Å². The van der Waals surface area contributed by atoms with Crippen LogP contribution in [0.15, 0.2) is 6.07 Å². The number of nitrogens with one attached hydrogen (secondary N) is 1. The van der Waals surface area contributed by atoms with E-state index >= 15 is 0 Å². The molecular weight excluding hydrogens is 228 g/mol. The van der Waals surface area contributed by atoms with Crippen LogP contribution in [0, 0.1) is 6.92 Å². The van der Waals surface area contributed by atoms with E-state index in [0.717, 1.165) is 30.4 Å². The molecule has 1 aromatic rings. The molecule has 1 saturated carbocycles. The standard InChI is InChI=1S/C13H22N4O/c1-10-15-12(14-2)9-13(16-10)17(7-4-8-18)11-5-3-6-11/h9,11,18H,3-8H2,1-2H3,(H,14,15,16). The van der Waals surface area contributed by atoms with Crippen molar-refractivity contribution in [2.75, 3.05) is 30.4 Å². The van der Waals surface area contributed by atoms with Gasteiger partial charge in [0.1, 0.15) is 17.5 Å². The van der Waals surface area contributed by atoms with Gasteiger partial charge in [-0.1, -0.05) is 0 Å². The molecule has 0 bridgehead atoms. The summed E-state index contributed by atoms with van der Waals surface area (Å²) in [5.74, 6) is 2.61. The van der Waals surface area contributed by atoms with Gasteiger partial charge >= 0.3 is 0 Å². The molecule has 0 unspecified atom stereocenters. The van der Waals surface area contributed by atoms with Gasteiger partial charge in [0.2, 0.25) is 0 Å². The lowest BCUT2D eigenvalue weighted by molar-refractivity contribution is 0.282. The van der Waals surface area contributed by atoms with E-state index in [2.05, 4.69) is 20.2 Å². The van der Waals surface area contributed by atoms with Crippen molar-refractivity contribution in [3.05, 3.63) is 11.9 Å². The van der Waals surface area contributed by atoms with E-state index in [9.17, 15) is 0 Å². The Morgan fingerprint density at radius 1 is 1.44 bits per heavy atom. The number of aliphatic hydroxyl groups is 1. The average molecular weight is 250 g/mol. The summed E-state index contributed by atoms with van der Waals surface area (Å²) < 4.78 is 0. The number of rotatable bonds is 6. The minimum absolute atomic E-state index is 0.228. The molecule has 0 saturated heterocycles. The topological polar surface area (TPSA) is 61.3 Å². The molecule has 0 radical (unpaired) electrons. The highest BCUT2D eigenvalue weighted by Crippen LogP contribution is 2.29. The lowest BCUT2D eigenvalue weighted by Gasteiger charge is -2.38. The molecule has 5 heteroatoms. The summed E-state index contributed by atoms with van der Waals surface area (Å²) in [7, 11) is 1.87. The third-order valence-electron chi connectivity index (χ3n) is 3.45. The predicted octanol–water partition coefficient (Wildman–Crippen LogP) is 1.57. The number of anilines is 2. The van der Waals surface area contributed by atoms with Crippen molar-refractivity contribution >= 4 is 11.6 Å². The summed E-state index contributed by atoms with van der Waals surface area (Å²) >= 11 is 0. The molecule has 0 atom stereocenters. The first-order valence-corrected chi connectivity index (χ1v) is 6.65. The Bertz CT molecular complexity index is 393. The smallest absolute Gasteiger partial charge is 0.134 e. The maximum absolute atomic E-state index is 9.02. The van der Waals surface area contributed by atoms with Crippen LogP contribution in [0.3, 0.4) is 0 Å². The van der Waals surface area contributed by atoms with E-state index in [4.69, 9.17) is 5.11 Å². The summed E-state index contributed by atoms with van der Waals surface area (Å²) in [6.45, 7) is 3.00. The van der Waals surface area contributed by atoms with Crippen LogP contribution in [0.5, 0.6) is 0 Å². The van der Waals surface area contributed by atoms with Gasteiger partial charge < -0.3 is 15.3 Å². The van der Waals surface area contributed by atoms with Gasteiger partial charge in [0.25, 0.3) is 0 Å². The van der Waals surface area contributed by atoms with Gasteiger partial charge in [0.15, 0.2) is 0 Å². The average Bonchev–Trinajstić information content (AvgIpc) is 2.31. The third kappa shape index (κ3) is 2.90. The third-order valence-corrected chi connectivity index (χ3v) is 3.45. The van der Waals surface area contributed by atoms with Crippen molar-refractivity contribution < 1.29 is 5.11 Å². The second-order valence-electron chi connectivity index (χ2n) is 4.76. The van der Waals surface area contributed by atoms with E-state index in [1.165, 1.54) is 19.3 Å². The Balaban J connectivity index is 2.19. The molecule has 2 N–H and O–H groups in total. The minimum Gasteiger partial charge on any atom is -0.396 e. The Hall–Kier alpha value is -1.36. The maximum Gasteiger partial charge on any atom is 0.134 e. The van der Waals surface area contributed by atoms with Crippen LogP contribution in [-0.2, 0) is 0 Å². The van der Waals surface area contributed by atoms with E-state index in [0.29, 0.717) is 6.04 Å². The molecule has 1 fully saturated rings. The van der Waals surface area contributed by atoms with Crippen LogP contribution in [0.2, 0.25) is 0 Å². The minimum atomic E-state index is 0.228. The normalized spacial score (nSPS) is 15.3. The molecule has 0 spiro atoms. The summed E-state index contributed by atoms with van der Waals surface area (Å²) in [6.07, 6.45) is 4.53. The molecule has 2 rings (SSSR count).